The number of hydrogen-bond acceptors (Lipinski definition) is 3. The smallest absolute Gasteiger partial charge is 0.265 e. The van der Waals surface area contributed by atoms with Crippen LogP contribution in [0.1, 0.15) is 15.9 Å². The molecule has 134 valence electrons. The molecule has 26 heavy (non-hydrogen) atoms. The van der Waals surface area contributed by atoms with Gasteiger partial charge in [-0.15, -0.1) is 0 Å². The van der Waals surface area contributed by atoms with Gasteiger partial charge < -0.3 is 14.4 Å². The Labute approximate surface area is 153 Å². The second-order valence-electron chi connectivity index (χ2n) is 6.70. The molecule has 0 saturated heterocycles. The first-order valence-electron chi connectivity index (χ1n) is 8.46. The topological polar surface area (TPSA) is 45.6 Å². The molecule has 2 aromatic carbocycles. The number of nitrogens with zero attached hydrogens (tertiary/aromatic N) is 3. The Morgan fingerprint density at radius 1 is 1.00 bits per heavy atom. The summed E-state index contributed by atoms with van der Waals surface area (Å²) in [5.74, 6) is -0.316. The van der Waals surface area contributed by atoms with E-state index in [-0.39, 0.29) is 17.0 Å². The molecule has 3 rings (SSSR count). The van der Waals surface area contributed by atoms with Gasteiger partial charge in [0.15, 0.2) is 0 Å². The number of carbonyl (C=O) groups is 1. The molecule has 1 heterocycles. The van der Waals surface area contributed by atoms with Crippen LogP contribution in [0.3, 0.4) is 0 Å². The van der Waals surface area contributed by atoms with Crippen LogP contribution >= 0.6 is 0 Å². The number of pyridine rings is 1. The molecule has 1 amide bonds. The number of aryl methyl sites for hydroxylation is 2. The molecule has 0 fully saturated rings. The van der Waals surface area contributed by atoms with Crippen LogP contribution in [0.15, 0.2) is 53.3 Å². The Morgan fingerprint density at radius 3 is 2.27 bits per heavy atom. The lowest BCUT2D eigenvalue weighted by molar-refractivity contribution is 0.0992. The Hall–Kier alpha value is -3.08. The molecule has 0 aliphatic heterocycles. The summed E-state index contributed by atoms with van der Waals surface area (Å²) in [5, 5.41) is 0.891. The number of anilines is 2. The molecule has 5 heteroatoms. The fourth-order valence-corrected chi connectivity index (χ4v) is 3.24. The first kappa shape index (κ1) is 17.7. The highest BCUT2D eigenvalue weighted by atomic mass is 16.2. The van der Waals surface area contributed by atoms with E-state index in [1.54, 1.807) is 18.7 Å². The van der Waals surface area contributed by atoms with Crippen LogP contribution in [0.5, 0.6) is 0 Å². The van der Waals surface area contributed by atoms with Crippen LogP contribution in [-0.4, -0.2) is 31.6 Å². The van der Waals surface area contributed by atoms with Gasteiger partial charge in [0, 0.05) is 39.3 Å². The number of fused-ring (bicyclic) bond motifs is 1. The molecule has 0 aliphatic carbocycles. The summed E-state index contributed by atoms with van der Waals surface area (Å²) in [5.41, 5.74) is 3.17. The Balaban J connectivity index is 2.31. The zero-order valence-corrected chi connectivity index (χ0v) is 15.8. The molecule has 0 radical (unpaired) electrons. The van der Waals surface area contributed by atoms with Crippen molar-refractivity contribution in [3.05, 3.63) is 70.0 Å². The van der Waals surface area contributed by atoms with E-state index in [2.05, 4.69) is 0 Å². The largest absolute Gasteiger partial charge is 0.376 e. The molecule has 0 spiro atoms. The summed E-state index contributed by atoms with van der Waals surface area (Å²) in [6.45, 7) is 2.00. The lowest BCUT2D eigenvalue weighted by Gasteiger charge is -2.24. The molecule has 1 aromatic heterocycles. The third kappa shape index (κ3) is 2.86. The monoisotopic (exact) mass is 349 g/mol. The Morgan fingerprint density at radius 2 is 1.65 bits per heavy atom. The summed E-state index contributed by atoms with van der Waals surface area (Å²) in [4.78, 5) is 29.7. The van der Waals surface area contributed by atoms with Crippen LogP contribution in [-0.2, 0) is 7.05 Å². The molecular weight excluding hydrogens is 326 g/mol. The van der Waals surface area contributed by atoms with Crippen molar-refractivity contribution in [3.8, 4) is 0 Å². The first-order chi connectivity index (χ1) is 12.3. The van der Waals surface area contributed by atoms with Gasteiger partial charge in [-0.05, 0) is 31.2 Å². The van der Waals surface area contributed by atoms with Gasteiger partial charge in [0.2, 0.25) is 0 Å². The molecule has 5 nitrogen and oxygen atoms in total. The van der Waals surface area contributed by atoms with Gasteiger partial charge >= 0.3 is 0 Å². The quantitative estimate of drug-likeness (QED) is 0.729. The molecular formula is C21H23N3O2. The van der Waals surface area contributed by atoms with E-state index >= 15 is 0 Å². The maximum atomic E-state index is 13.3. The van der Waals surface area contributed by atoms with Crippen molar-refractivity contribution in [2.45, 2.75) is 6.92 Å². The van der Waals surface area contributed by atoms with Crippen LogP contribution in [0.4, 0.5) is 11.4 Å². The van der Waals surface area contributed by atoms with Crippen molar-refractivity contribution in [1.82, 2.24) is 4.57 Å². The van der Waals surface area contributed by atoms with E-state index in [0.29, 0.717) is 5.69 Å². The van der Waals surface area contributed by atoms with E-state index in [1.165, 1.54) is 4.90 Å². The highest BCUT2D eigenvalue weighted by Gasteiger charge is 2.25. The zero-order chi connectivity index (χ0) is 19.0. The lowest BCUT2D eigenvalue weighted by atomic mass is 10.0. The standard InChI is InChI=1S/C21H23N3O2/c1-14-11-12-17-16(13-14)19(22(2)3)18(21(26)24(17)5)20(25)23(4)15-9-7-6-8-10-15/h6-13H,1-5H3. The number of para-hydroxylation sites is 1. The van der Waals surface area contributed by atoms with Crippen LogP contribution in [0.2, 0.25) is 0 Å². The number of benzene rings is 2. The minimum atomic E-state index is -0.316. The minimum Gasteiger partial charge on any atom is -0.376 e. The third-order valence-corrected chi connectivity index (χ3v) is 4.63. The van der Waals surface area contributed by atoms with Gasteiger partial charge in [0.05, 0.1) is 11.2 Å². The zero-order valence-electron chi connectivity index (χ0n) is 15.8. The highest BCUT2D eigenvalue weighted by Crippen LogP contribution is 2.29. The van der Waals surface area contributed by atoms with Gasteiger partial charge in [-0.25, -0.2) is 0 Å². The van der Waals surface area contributed by atoms with Crippen molar-refractivity contribution >= 4 is 28.2 Å². The van der Waals surface area contributed by atoms with Gasteiger partial charge in [-0.3, -0.25) is 9.59 Å². The SMILES string of the molecule is Cc1ccc2c(c1)c(N(C)C)c(C(=O)N(C)c1ccccc1)c(=O)n2C. The number of aromatic nitrogens is 1. The molecule has 0 unspecified atom stereocenters. The fourth-order valence-electron chi connectivity index (χ4n) is 3.24. The Kier molecular flexibility index (Phi) is 4.55. The highest BCUT2D eigenvalue weighted by molar-refractivity contribution is 6.13. The van der Waals surface area contributed by atoms with Gasteiger partial charge in [0.25, 0.3) is 11.5 Å². The molecule has 0 atom stereocenters. The predicted molar refractivity (Wildman–Crippen MR) is 107 cm³/mol. The Bertz CT molecular complexity index is 1040. The van der Waals surface area contributed by atoms with Gasteiger partial charge in [-0.2, -0.15) is 0 Å². The van der Waals surface area contributed by atoms with E-state index in [9.17, 15) is 9.59 Å². The van der Waals surface area contributed by atoms with Crippen molar-refractivity contribution in [1.29, 1.82) is 0 Å². The fraction of sp³-hybridized carbons (Fsp3) is 0.238. The van der Waals surface area contributed by atoms with Crippen molar-refractivity contribution < 1.29 is 4.79 Å². The summed E-state index contributed by atoms with van der Waals surface area (Å²) in [7, 11) is 7.11. The molecule has 0 aliphatic rings. The normalized spacial score (nSPS) is 10.8. The lowest BCUT2D eigenvalue weighted by Crippen LogP contribution is -2.36. The summed E-state index contributed by atoms with van der Waals surface area (Å²) >= 11 is 0. The molecule has 0 N–H and O–H groups in total. The minimum absolute atomic E-state index is 0.182. The van der Waals surface area contributed by atoms with Crippen LogP contribution in [0.25, 0.3) is 10.9 Å². The number of hydrogen-bond donors (Lipinski definition) is 0. The van der Waals surface area contributed by atoms with Crippen LogP contribution < -0.4 is 15.4 Å². The molecule has 0 bridgehead atoms. The molecule has 3 aromatic rings. The average Bonchev–Trinajstić information content (AvgIpc) is 2.63. The number of amides is 1. The van der Waals surface area contributed by atoms with Crippen molar-refractivity contribution in [2.24, 2.45) is 7.05 Å². The first-order valence-corrected chi connectivity index (χ1v) is 8.46. The number of carbonyl (C=O) groups excluding carboxylic acids is 1. The third-order valence-electron chi connectivity index (χ3n) is 4.63. The predicted octanol–water partition coefficient (Wildman–Crippen LogP) is 3.19. The second-order valence-corrected chi connectivity index (χ2v) is 6.70. The van der Waals surface area contributed by atoms with Crippen molar-refractivity contribution in [2.75, 3.05) is 30.9 Å². The van der Waals surface area contributed by atoms with Crippen LogP contribution in [0, 0.1) is 6.92 Å². The number of rotatable bonds is 3. The molecule has 0 saturated carbocycles. The van der Waals surface area contributed by atoms with E-state index in [1.807, 2.05) is 74.4 Å². The van der Waals surface area contributed by atoms with E-state index in [4.69, 9.17) is 0 Å². The second kappa shape index (κ2) is 6.67. The maximum Gasteiger partial charge on any atom is 0.265 e. The average molecular weight is 349 g/mol. The van der Waals surface area contributed by atoms with E-state index < -0.39 is 0 Å². The summed E-state index contributed by atoms with van der Waals surface area (Å²) in [6.07, 6.45) is 0. The van der Waals surface area contributed by atoms with E-state index in [0.717, 1.165) is 22.2 Å². The summed E-state index contributed by atoms with van der Waals surface area (Å²) < 4.78 is 1.55. The van der Waals surface area contributed by atoms with Gasteiger partial charge in [0.1, 0.15) is 5.56 Å². The van der Waals surface area contributed by atoms with Crippen molar-refractivity contribution in [3.63, 3.8) is 0 Å². The summed E-state index contributed by atoms with van der Waals surface area (Å²) in [6, 6.07) is 15.2. The maximum absolute atomic E-state index is 13.3. The van der Waals surface area contributed by atoms with Gasteiger partial charge in [-0.1, -0.05) is 29.8 Å².